The summed E-state index contributed by atoms with van der Waals surface area (Å²) in [7, 11) is 3.28. The first-order valence-electron chi connectivity index (χ1n) is 26.5. The molecular weight excluding hydrogens is 957 g/mol. The summed E-state index contributed by atoms with van der Waals surface area (Å²) in [6.45, 7) is 14.2. The molecule has 4 aliphatic rings. The minimum atomic E-state index is -1.03. The van der Waals surface area contributed by atoms with Crippen LogP contribution in [0, 0.1) is 10.8 Å². The van der Waals surface area contributed by atoms with Crippen LogP contribution in [0.1, 0.15) is 149 Å². The molecule has 2 aliphatic heterocycles. The SMILES string of the molecule is CN[C@@H](C)C(=O)N[C@H](C(=O)N1C[C@@H](NC(=O)c2nc[nH]c2C(=O)N[C@H]2C[C@@H](C(=O)N[C@@H]3CCCc4ccccc43)N(C(=O)[C@@H](NC(=O)[C@H](C)NC)C(C)(C)C)C2)C[C@H]1C(=O)N[C@@H]1CCCc2ccccc21)C(C)(C)C. The number of hydrogen-bond donors (Lipinski definition) is 9. The Bertz CT molecular complexity index is 2450. The molecule has 7 rings (SSSR count). The number of imidazole rings is 1. The quantitative estimate of drug-likeness (QED) is 0.101. The number of H-pyrrole nitrogens is 1. The minimum absolute atomic E-state index is 0.0348. The molecule has 2 saturated heterocycles. The summed E-state index contributed by atoms with van der Waals surface area (Å²) < 4.78 is 0. The number of nitrogens with one attached hydrogen (secondary N) is 9. The molecule has 20 nitrogen and oxygen atoms in total. The van der Waals surface area contributed by atoms with Gasteiger partial charge in [-0.3, -0.25) is 38.4 Å². The molecule has 9 N–H and O–H groups in total. The lowest BCUT2D eigenvalue weighted by molar-refractivity contribution is -0.144. The molecule has 10 atom stereocenters. The van der Waals surface area contributed by atoms with Crippen LogP contribution in [0.4, 0.5) is 0 Å². The first-order valence-corrected chi connectivity index (χ1v) is 26.5. The number of hydrogen-bond acceptors (Lipinski definition) is 11. The smallest absolute Gasteiger partial charge is 0.272 e. The van der Waals surface area contributed by atoms with Crippen LogP contribution in [0.2, 0.25) is 0 Å². The van der Waals surface area contributed by atoms with Crippen LogP contribution < -0.4 is 42.5 Å². The van der Waals surface area contributed by atoms with E-state index in [1.165, 1.54) is 16.1 Å². The van der Waals surface area contributed by atoms with E-state index >= 15 is 0 Å². The fraction of sp³-hybridized carbons (Fsp3) is 0.582. The number of aromatic nitrogens is 2. The van der Waals surface area contributed by atoms with Crippen LogP contribution in [0.25, 0.3) is 0 Å². The third-order valence-electron chi connectivity index (χ3n) is 15.3. The summed E-state index contributed by atoms with van der Waals surface area (Å²) in [6.07, 6.45) is 6.21. The number of nitrogens with zero attached hydrogens (tertiary/aromatic N) is 3. The molecule has 406 valence electrons. The molecule has 2 aromatic carbocycles. The van der Waals surface area contributed by atoms with Crippen LogP contribution in [0.5, 0.6) is 0 Å². The Hall–Kier alpha value is -6.67. The Balaban J connectivity index is 1.10. The molecule has 75 heavy (non-hydrogen) atoms. The third kappa shape index (κ3) is 12.9. The van der Waals surface area contributed by atoms with Crippen molar-refractivity contribution in [1.29, 1.82) is 0 Å². The predicted molar refractivity (Wildman–Crippen MR) is 282 cm³/mol. The van der Waals surface area contributed by atoms with Crippen molar-refractivity contribution in [2.45, 2.75) is 167 Å². The second-order valence-electron chi connectivity index (χ2n) is 22.9. The number of likely N-dealkylation sites (tertiary alicyclic amines) is 2. The molecular formula is C55H78N12O8. The van der Waals surface area contributed by atoms with E-state index in [0.717, 1.165) is 47.9 Å². The van der Waals surface area contributed by atoms with Crippen molar-refractivity contribution < 1.29 is 38.4 Å². The molecule has 20 heteroatoms. The second kappa shape index (κ2) is 23.5. The van der Waals surface area contributed by atoms with E-state index in [1.807, 2.05) is 90.1 Å². The lowest BCUT2D eigenvalue weighted by Gasteiger charge is -2.36. The zero-order chi connectivity index (χ0) is 54.5. The highest BCUT2D eigenvalue weighted by molar-refractivity contribution is 6.05. The van der Waals surface area contributed by atoms with Crippen molar-refractivity contribution in [1.82, 2.24) is 62.3 Å². The van der Waals surface area contributed by atoms with Gasteiger partial charge in [-0.25, -0.2) is 4.98 Å². The topological polar surface area (TPSA) is 268 Å². The number of amides is 8. The Kier molecular flexibility index (Phi) is 17.5. The molecule has 0 bridgehead atoms. The van der Waals surface area contributed by atoms with Gasteiger partial charge in [-0.05, 0) is 112 Å². The van der Waals surface area contributed by atoms with Gasteiger partial charge in [-0.15, -0.1) is 0 Å². The van der Waals surface area contributed by atoms with Crippen molar-refractivity contribution >= 4 is 47.3 Å². The summed E-state index contributed by atoms with van der Waals surface area (Å²) in [5, 5.41) is 23.9. The second-order valence-corrected chi connectivity index (χ2v) is 22.9. The molecule has 0 radical (unpaired) electrons. The summed E-state index contributed by atoms with van der Waals surface area (Å²) in [5.41, 5.74) is 2.36. The van der Waals surface area contributed by atoms with Crippen LogP contribution >= 0.6 is 0 Å². The molecule has 0 unspecified atom stereocenters. The fourth-order valence-corrected chi connectivity index (χ4v) is 10.8. The molecule has 0 saturated carbocycles. The van der Waals surface area contributed by atoms with E-state index in [2.05, 4.69) is 52.5 Å². The maximum Gasteiger partial charge on any atom is 0.272 e. The van der Waals surface area contributed by atoms with Crippen molar-refractivity contribution in [3.8, 4) is 0 Å². The maximum atomic E-state index is 14.7. The molecule has 2 fully saturated rings. The van der Waals surface area contributed by atoms with Gasteiger partial charge >= 0.3 is 0 Å². The van der Waals surface area contributed by atoms with Gasteiger partial charge in [0.1, 0.15) is 29.9 Å². The van der Waals surface area contributed by atoms with E-state index in [4.69, 9.17) is 0 Å². The van der Waals surface area contributed by atoms with Crippen LogP contribution in [-0.4, -0.2) is 143 Å². The van der Waals surface area contributed by atoms with E-state index < -0.39 is 106 Å². The summed E-state index contributed by atoms with van der Waals surface area (Å²) in [5.74, 6) is -3.99. The van der Waals surface area contributed by atoms with Crippen molar-refractivity contribution in [2.24, 2.45) is 10.8 Å². The number of carbonyl (C=O) groups is 8. The zero-order valence-corrected chi connectivity index (χ0v) is 45.1. The van der Waals surface area contributed by atoms with Gasteiger partial charge in [0.15, 0.2) is 5.69 Å². The van der Waals surface area contributed by atoms with Gasteiger partial charge in [0.05, 0.1) is 30.5 Å². The standard InChI is InChI=1S/C55H78N12O8/c1-30(56-9)46(68)64-44(54(3,4)5)52(74)66-27-34(25-40(66)48(70)62-38-23-15-19-32-17-11-13-21-36(32)38)60-50(72)42-43(59-29-58-42)51(73)61-35-26-41(49(71)63-39-24-16-20-33-18-12-14-22-37(33)39)67(28-35)53(75)45(55(6,7)8)65-47(69)31(2)57-10/h11-14,17-18,21-22,29-31,34-35,38-41,44-45,56-57H,15-16,19-20,23-28H2,1-10H3,(H,58,59)(H,60,72)(H,61,73)(H,62,70)(H,63,71)(H,64,68)(H,65,69)/t30-,31-,34-,35-,38+,39+,40-,41-,44+,45+/m0/s1. The number of aryl methyl sites for hydroxylation is 2. The molecule has 0 spiro atoms. The van der Waals surface area contributed by atoms with E-state index in [0.29, 0.717) is 12.8 Å². The van der Waals surface area contributed by atoms with Gasteiger partial charge in [0.25, 0.3) is 11.8 Å². The average molecular weight is 1040 g/mol. The first kappa shape index (κ1) is 56.1. The molecule has 3 aromatic rings. The van der Waals surface area contributed by atoms with Crippen LogP contribution in [-0.2, 0) is 41.6 Å². The number of fused-ring (bicyclic) bond motifs is 2. The Labute approximate surface area is 440 Å². The monoisotopic (exact) mass is 1030 g/mol. The molecule has 8 amide bonds. The van der Waals surface area contributed by atoms with Crippen molar-refractivity contribution in [2.75, 3.05) is 27.2 Å². The maximum absolute atomic E-state index is 14.7. The molecule has 2 aliphatic carbocycles. The highest BCUT2D eigenvalue weighted by Crippen LogP contribution is 2.34. The number of likely N-dealkylation sites (N-methyl/N-ethyl adjacent to an activating group) is 2. The number of benzene rings is 2. The van der Waals surface area contributed by atoms with E-state index in [-0.39, 0.29) is 49.4 Å². The van der Waals surface area contributed by atoms with Crippen LogP contribution in [0.3, 0.4) is 0 Å². The van der Waals surface area contributed by atoms with Gasteiger partial charge in [-0.2, -0.15) is 0 Å². The Morgan fingerprint density at radius 2 is 1.01 bits per heavy atom. The normalized spacial score (nSPS) is 23.1. The van der Waals surface area contributed by atoms with E-state index in [9.17, 15) is 38.4 Å². The molecule has 3 heterocycles. The van der Waals surface area contributed by atoms with Gasteiger partial charge < -0.3 is 57.3 Å². The summed E-state index contributed by atoms with van der Waals surface area (Å²) >= 11 is 0. The first-order chi connectivity index (χ1) is 35.5. The number of carbonyl (C=O) groups excluding carboxylic acids is 8. The number of aromatic amines is 1. The largest absolute Gasteiger partial charge is 0.347 e. The highest BCUT2D eigenvalue weighted by atomic mass is 16.2. The Morgan fingerprint density at radius 1 is 0.600 bits per heavy atom. The zero-order valence-electron chi connectivity index (χ0n) is 45.1. The van der Waals surface area contributed by atoms with Crippen molar-refractivity contribution in [3.05, 3.63) is 88.5 Å². The lowest BCUT2D eigenvalue weighted by Crippen LogP contribution is -2.59. The van der Waals surface area contributed by atoms with Gasteiger partial charge in [0, 0.05) is 25.2 Å². The predicted octanol–water partition coefficient (Wildman–Crippen LogP) is 2.47. The van der Waals surface area contributed by atoms with Crippen LogP contribution in [0.15, 0.2) is 54.9 Å². The van der Waals surface area contributed by atoms with E-state index in [1.54, 1.807) is 27.9 Å². The van der Waals surface area contributed by atoms with Crippen molar-refractivity contribution in [3.63, 3.8) is 0 Å². The summed E-state index contributed by atoms with van der Waals surface area (Å²) in [4.78, 5) is 123. The van der Waals surface area contributed by atoms with Gasteiger partial charge in [-0.1, -0.05) is 90.1 Å². The number of rotatable bonds is 16. The minimum Gasteiger partial charge on any atom is -0.347 e. The summed E-state index contributed by atoms with van der Waals surface area (Å²) in [6, 6.07) is 8.48. The Morgan fingerprint density at radius 3 is 1.43 bits per heavy atom. The lowest BCUT2D eigenvalue weighted by atomic mass is 9.85. The average Bonchev–Trinajstić information content (AvgIpc) is 4.16. The fourth-order valence-electron chi connectivity index (χ4n) is 10.8. The highest BCUT2D eigenvalue weighted by Gasteiger charge is 2.48. The van der Waals surface area contributed by atoms with Gasteiger partial charge in [0.2, 0.25) is 35.4 Å². The molecule has 1 aromatic heterocycles. The third-order valence-corrected chi connectivity index (χ3v) is 15.3.